The predicted molar refractivity (Wildman–Crippen MR) is 68.5 cm³/mol. The Morgan fingerprint density at radius 3 is 2.38 bits per heavy atom. The van der Waals surface area contributed by atoms with Crippen LogP contribution in [0.2, 0.25) is 10.0 Å². The molecule has 1 aliphatic rings. The van der Waals surface area contributed by atoms with E-state index in [1.807, 2.05) is 12.1 Å². The molecule has 0 spiro atoms. The molecule has 1 N–H and O–H groups in total. The second-order valence-electron chi connectivity index (χ2n) is 4.09. The molecule has 1 aromatic carbocycles. The summed E-state index contributed by atoms with van der Waals surface area (Å²) in [4.78, 5) is 0. The van der Waals surface area contributed by atoms with Gasteiger partial charge in [0.05, 0.1) is 0 Å². The lowest BCUT2D eigenvalue weighted by molar-refractivity contribution is 0.0699. The monoisotopic (exact) mass is 259 g/mol. The first-order valence-corrected chi connectivity index (χ1v) is 6.27. The summed E-state index contributed by atoms with van der Waals surface area (Å²) in [5, 5.41) is 4.71. The molecule has 2 rings (SSSR count). The molecule has 4 heteroatoms. The minimum absolute atomic E-state index is 0.668. The van der Waals surface area contributed by atoms with Crippen LogP contribution in [0.4, 0.5) is 5.69 Å². The summed E-state index contributed by atoms with van der Waals surface area (Å²) >= 11 is 11.9. The summed E-state index contributed by atoms with van der Waals surface area (Å²) in [5.74, 6) is 0.687. The molecule has 0 saturated carbocycles. The quantitative estimate of drug-likeness (QED) is 0.891. The molecule has 0 aromatic heterocycles. The SMILES string of the molecule is Clc1cc(Cl)cc(NCC2CCOCC2)c1. The summed E-state index contributed by atoms with van der Waals surface area (Å²) in [5.41, 5.74) is 0.990. The zero-order chi connectivity index (χ0) is 11.4. The lowest BCUT2D eigenvalue weighted by Gasteiger charge is -2.22. The molecule has 0 unspecified atom stereocenters. The zero-order valence-electron chi connectivity index (χ0n) is 9.01. The Balaban J connectivity index is 1.88. The smallest absolute Gasteiger partial charge is 0.0469 e. The molecule has 1 aromatic rings. The number of ether oxygens (including phenoxy) is 1. The molecule has 1 saturated heterocycles. The molecule has 0 aliphatic carbocycles. The molecule has 0 bridgehead atoms. The van der Waals surface area contributed by atoms with E-state index in [1.165, 1.54) is 0 Å². The summed E-state index contributed by atoms with van der Waals surface area (Å²) in [6.07, 6.45) is 2.25. The number of nitrogens with one attached hydrogen (secondary N) is 1. The van der Waals surface area contributed by atoms with Crippen LogP contribution in [0.5, 0.6) is 0 Å². The van der Waals surface area contributed by atoms with Crippen molar-refractivity contribution in [1.82, 2.24) is 0 Å². The van der Waals surface area contributed by atoms with Crippen molar-refractivity contribution >= 4 is 28.9 Å². The topological polar surface area (TPSA) is 21.3 Å². The van der Waals surface area contributed by atoms with E-state index in [4.69, 9.17) is 27.9 Å². The van der Waals surface area contributed by atoms with Crippen LogP contribution in [0.25, 0.3) is 0 Å². The summed E-state index contributed by atoms with van der Waals surface area (Å²) < 4.78 is 5.32. The van der Waals surface area contributed by atoms with Crippen molar-refractivity contribution in [2.45, 2.75) is 12.8 Å². The highest BCUT2D eigenvalue weighted by atomic mass is 35.5. The van der Waals surface area contributed by atoms with E-state index in [0.717, 1.165) is 38.3 Å². The molecule has 2 nitrogen and oxygen atoms in total. The van der Waals surface area contributed by atoms with Gasteiger partial charge in [-0.25, -0.2) is 0 Å². The van der Waals surface area contributed by atoms with Crippen molar-refractivity contribution in [1.29, 1.82) is 0 Å². The van der Waals surface area contributed by atoms with Gasteiger partial charge in [-0.1, -0.05) is 23.2 Å². The van der Waals surface area contributed by atoms with Gasteiger partial charge in [-0.05, 0) is 37.0 Å². The van der Waals surface area contributed by atoms with Crippen LogP contribution in [0.15, 0.2) is 18.2 Å². The minimum Gasteiger partial charge on any atom is -0.385 e. The van der Waals surface area contributed by atoms with Crippen LogP contribution >= 0.6 is 23.2 Å². The molecular formula is C12H15Cl2NO. The molecule has 1 aliphatic heterocycles. The Labute approximate surface area is 106 Å². The zero-order valence-corrected chi connectivity index (χ0v) is 10.5. The fourth-order valence-corrected chi connectivity index (χ4v) is 2.39. The fraction of sp³-hybridized carbons (Fsp3) is 0.500. The van der Waals surface area contributed by atoms with Crippen molar-refractivity contribution < 1.29 is 4.74 Å². The Bertz CT molecular complexity index is 331. The van der Waals surface area contributed by atoms with Gasteiger partial charge in [0.25, 0.3) is 0 Å². The Morgan fingerprint density at radius 1 is 1.12 bits per heavy atom. The van der Waals surface area contributed by atoms with Gasteiger partial charge in [0, 0.05) is 35.5 Å². The molecule has 88 valence electrons. The van der Waals surface area contributed by atoms with E-state index >= 15 is 0 Å². The Hall–Kier alpha value is -0.440. The average Bonchev–Trinajstić information content (AvgIpc) is 2.27. The third-order valence-electron chi connectivity index (χ3n) is 2.80. The van der Waals surface area contributed by atoms with Crippen molar-refractivity contribution in [2.24, 2.45) is 5.92 Å². The Kier molecular flexibility index (Phi) is 4.33. The summed E-state index contributed by atoms with van der Waals surface area (Å²) in [6, 6.07) is 5.53. The van der Waals surface area contributed by atoms with E-state index in [1.54, 1.807) is 6.07 Å². The third kappa shape index (κ3) is 3.55. The predicted octanol–water partition coefficient (Wildman–Crippen LogP) is 3.83. The van der Waals surface area contributed by atoms with Crippen molar-refractivity contribution in [3.8, 4) is 0 Å². The molecule has 0 radical (unpaired) electrons. The first-order chi connectivity index (χ1) is 7.74. The number of rotatable bonds is 3. The first-order valence-electron chi connectivity index (χ1n) is 5.52. The molecule has 0 atom stereocenters. The lowest BCUT2D eigenvalue weighted by Crippen LogP contribution is -2.22. The van der Waals surface area contributed by atoms with Crippen LogP contribution in [-0.2, 0) is 4.74 Å². The van der Waals surface area contributed by atoms with E-state index in [0.29, 0.717) is 16.0 Å². The molecule has 1 heterocycles. The Morgan fingerprint density at radius 2 is 1.75 bits per heavy atom. The van der Waals surface area contributed by atoms with E-state index in [2.05, 4.69) is 5.32 Å². The van der Waals surface area contributed by atoms with E-state index in [9.17, 15) is 0 Å². The van der Waals surface area contributed by atoms with Crippen LogP contribution < -0.4 is 5.32 Å². The normalized spacial score (nSPS) is 17.4. The maximum absolute atomic E-state index is 5.93. The van der Waals surface area contributed by atoms with E-state index < -0.39 is 0 Å². The number of hydrogen-bond donors (Lipinski definition) is 1. The van der Waals surface area contributed by atoms with Gasteiger partial charge >= 0.3 is 0 Å². The lowest BCUT2D eigenvalue weighted by atomic mass is 10.0. The molecular weight excluding hydrogens is 245 g/mol. The number of benzene rings is 1. The van der Waals surface area contributed by atoms with Gasteiger partial charge in [0.15, 0.2) is 0 Å². The van der Waals surface area contributed by atoms with Gasteiger partial charge in [0.2, 0.25) is 0 Å². The van der Waals surface area contributed by atoms with Crippen molar-refractivity contribution in [3.05, 3.63) is 28.2 Å². The van der Waals surface area contributed by atoms with Crippen LogP contribution in [0.3, 0.4) is 0 Å². The summed E-state index contributed by atoms with van der Waals surface area (Å²) in [7, 11) is 0. The fourth-order valence-electron chi connectivity index (χ4n) is 1.87. The van der Waals surface area contributed by atoms with Crippen molar-refractivity contribution in [3.63, 3.8) is 0 Å². The molecule has 1 fully saturated rings. The average molecular weight is 260 g/mol. The number of halogens is 2. The molecule has 0 amide bonds. The highest BCUT2D eigenvalue weighted by molar-refractivity contribution is 6.35. The second kappa shape index (κ2) is 5.76. The van der Waals surface area contributed by atoms with Crippen LogP contribution in [0, 0.1) is 5.92 Å². The van der Waals surface area contributed by atoms with Crippen molar-refractivity contribution in [2.75, 3.05) is 25.1 Å². The van der Waals surface area contributed by atoms with Gasteiger partial charge in [-0.2, -0.15) is 0 Å². The van der Waals surface area contributed by atoms with Crippen LogP contribution in [-0.4, -0.2) is 19.8 Å². The maximum Gasteiger partial charge on any atom is 0.0469 e. The highest BCUT2D eigenvalue weighted by Crippen LogP contribution is 2.23. The van der Waals surface area contributed by atoms with Gasteiger partial charge in [-0.3, -0.25) is 0 Å². The third-order valence-corrected chi connectivity index (χ3v) is 3.23. The van der Waals surface area contributed by atoms with Crippen LogP contribution in [0.1, 0.15) is 12.8 Å². The molecule has 16 heavy (non-hydrogen) atoms. The van der Waals surface area contributed by atoms with Gasteiger partial charge in [0.1, 0.15) is 0 Å². The highest BCUT2D eigenvalue weighted by Gasteiger charge is 2.13. The maximum atomic E-state index is 5.93. The van der Waals surface area contributed by atoms with Gasteiger partial charge in [-0.15, -0.1) is 0 Å². The first kappa shape index (κ1) is 12.0. The summed E-state index contributed by atoms with van der Waals surface area (Å²) in [6.45, 7) is 2.71. The largest absolute Gasteiger partial charge is 0.385 e. The standard InChI is InChI=1S/C12H15Cl2NO/c13-10-5-11(14)7-12(6-10)15-8-9-1-3-16-4-2-9/h5-7,9,15H,1-4,8H2. The van der Waals surface area contributed by atoms with Gasteiger partial charge < -0.3 is 10.1 Å². The van der Waals surface area contributed by atoms with E-state index in [-0.39, 0.29) is 0 Å². The minimum atomic E-state index is 0.668. The number of anilines is 1. The second-order valence-corrected chi connectivity index (χ2v) is 4.97. The number of hydrogen-bond acceptors (Lipinski definition) is 2.